The lowest BCUT2D eigenvalue weighted by Crippen LogP contribution is -2.11. The molecule has 0 aliphatic rings. The molecule has 2 N–H and O–H groups in total. The lowest BCUT2D eigenvalue weighted by Gasteiger charge is -2.12. The zero-order chi connectivity index (χ0) is 13.8. The van der Waals surface area contributed by atoms with Crippen molar-refractivity contribution in [2.45, 2.75) is 26.8 Å². The number of halogens is 1. The Bertz CT molecular complexity index is 569. The van der Waals surface area contributed by atoms with Crippen molar-refractivity contribution >= 4 is 28.9 Å². The molecule has 5 heteroatoms. The van der Waals surface area contributed by atoms with E-state index in [1.807, 2.05) is 31.2 Å². The molecule has 19 heavy (non-hydrogen) atoms. The smallest absolute Gasteiger partial charge is 0.135 e. The standard InChI is InChI=1S/C14H17ClN4/c1-9(2)18-13-7-14(17-8-16-13)19-12-6-4-5-11(15)10(12)3/h4-9H,1-3H3,(H2,16,17,18,19). The Morgan fingerprint density at radius 2 is 1.89 bits per heavy atom. The summed E-state index contributed by atoms with van der Waals surface area (Å²) in [7, 11) is 0. The van der Waals surface area contributed by atoms with Crippen LogP contribution in [0.25, 0.3) is 0 Å². The largest absolute Gasteiger partial charge is 0.368 e. The van der Waals surface area contributed by atoms with E-state index in [1.165, 1.54) is 6.33 Å². The first kappa shape index (κ1) is 13.6. The van der Waals surface area contributed by atoms with E-state index >= 15 is 0 Å². The van der Waals surface area contributed by atoms with Crippen LogP contribution >= 0.6 is 11.6 Å². The highest BCUT2D eigenvalue weighted by Crippen LogP contribution is 2.25. The average Bonchev–Trinajstić information content (AvgIpc) is 2.35. The highest BCUT2D eigenvalue weighted by Gasteiger charge is 2.04. The van der Waals surface area contributed by atoms with Gasteiger partial charge < -0.3 is 10.6 Å². The predicted molar refractivity (Wildman–Crippen MR) is 80.3 cm³/mol. The van der Waals surface area contributed by atoms with Gasteiger partial charge in [-0.1, -0.05) is 17.7 Å². The number of hydrogen-bond acceptors (Lipinski definition) is 4. The third-order valence-corrected chi connectivity index (χ3v) is 3.04. The van der Waals surface area contributed by atoms with Crippen molar-refractivity contribution < 1.29 is 0 Å². The molecular weight excluding hydrogens is 260 g/mol. The molecule has 1 aromatic carbocycles. The molecule has 0 aliphatic carbocycles. The summed E-state index contributed by atoms with van der Waals surface area (Å²) in [5.74, 6) is 1.54. The average molecular weight is 277 g/mol. The Balaban J connectivity index is 2.21. The minimum Gasteiger partial charge on any atom is -0.368 e. The third kappa shape index (κ3) is 3.58. The van der Waals surface area contributed by atoms with E-state index in [9.17, 15) is 0 Å². The number of rotatable bonds is 4. The van der Waals surface area contributed by atoms with Gasteiger partial charge in [-0.15, -0.1) is 0 Å². The monoisotopic (exact) mass is 276 g/mol. The normalized spacial score (nSPS) is 10.6. The zero-order valence-corrected chi connectivity index (χ0v) is 12.0. The highest BCUT2D eigenvalue weighted by atomic mass is 35.5. The summed E-state index contributed by atoms with van der Waals surface area (Å²) in [5.41, 5.74) is 1.95. The summed E-state index contributed by atoms with van der Waals surface area (Å²) in [4.78, 5) is 8.38. The van der Waals surface area contributed by atoms with Crippen molar-refractivity contribution in [2.24, 2.45) is 0 Å². The SMILES string of the molecule is Cc1c(Cl)cccc1Nc1cc(NC(C)C)ncn1. The topological polar surface area (TPSA) is 49.8 Å². The fourth-order valence-corrected chi connectivity index (χ4v) is 1.86. The van der Waals surface area contributed by atoms with Gasteiger partial charge in [0.15, 0.2) is 0 Å². The summed E-state index contributed by atoms with van der Waals surface area (Å²) in [6.45, 7) is 6.10. The van der Waals surface area contributed by atoms with Crippen LogP contribution in [0.5, 0.6) is 0 Å². The van der Waals surface area contributed by atoms with Gasteiger partial charge in [0.05, 0.1) is 0 Å². The Morgan fingerprint density at radius 3 is 2.63 bits per heavy atom. The number of nitrogens with zero attached hydrogens (tertiary/aromatic N) is 2. The third-order valence-electron chi connectivity index (χ3n) is 2.63. The molecule has 0 amide bonds. The van der Waals surface area contributed by atoms with Gasteiger partial charge in [-0.3, -0.25) is 0 Å². The summed E-state index contributed by atoms with van der Waals surface area (Å²) >= 11 is 6.10. The Hall–Kier alpha value is -1.81. The summed E-state index contributed by atoms with van der Waals surface area (Å²) in [6, 6.07) is 7.95. The van der Waals surface area contributed by atoms with Crippen molar-refractivity contribution in [2.75, 3.05) is 10.6 Å². The van der Waals surface area contributed by atoms with E-state index < -0.39 is 0 Å². The maximum atomic E-state index is 6.10. The second-order valence-electron chi connectivity index (χ2n) is 4.62. The van der Waals surface area contributed by atoms with E-state index in [0.717, 1.165) is 27.9 Å². The minimum atomic E-state index is 0.329. The van der Waals surface area contributed by atoms with Gasteiger partial charge >= 0.3 is 0 Å². The van der Waals surface area contributed by atoms with E-state index in [4.69, 9.17) is 11.6 Å². The van der Waals surface area contributed by atoms with E-state index in [1.54, 1.807) is 0 Å². The molecule has 2 aromatic rings. The van der Waals surface area contributed by atoms with Gasteiger partial charge in [-0.05, 0) is 38.5 Å². The van der Waals surface area contributed by atoms with Crippen LogP contribution in [-0.2, 0) is 0 Å². The van der Waals surface area contributed by atoms with Crippen molar-refractivity contribution in [1.82, 2.24) is 9.97 Å². The minimum absolute atomic E-state index is 0.329. The van der Waals surface area contributed by atoms with Crippen molar-refractivity contribution in [3.8, 4) is 0 Å². The molecule has 2 rings (SSSR count). The summed E-state index contributed by atoms with van der Waals surface area (Å²) in [5, 5.41) is 7.23. The Labute approximate surface area is 118 Å². The van der Waals surface area contributed by atoms with Crippen LogP contribution in [0.1, 0.15) is 19.4 Å². The van der Waals surface area contributed by atoms with Gasteiger partial charge in [0.2, 0.25) is 0 Å². The number of aromatic nitrogens is 2. The first-order chi connectivity index (χ1) is 9.06. The Morgan fingerprint density at radius 1 is 1.16 bits per heavy atom. The van der Waals surface area contributed by atoms with Crippen molar-refractivity contribution in [1.29, 1.82) is 0 Å². The number of nitrogens with one attached hydrogen (secondary N) is 2. The summed E-state index contributed by atoms with van der Waals surface area (Å²) < 4.78 is 0. The molecule has 0 radical (unpaired) electrons. The van der Waals surface area contributed by atoms with Crippen LogP contribution in [0, 0.1) is 6.92 Å². The molecule has 0 unspecified atom stereocenters. The second kappa shape index (κ2) is 5.89. The molecule has 0 fully saturated rings. The Kier molecular flexibility index (Phi) is 4.22. The molecular formula is C14H17ClN4. The van der Waals surface area contributed by atoms with Crippen LogP contribution in [-0.4, -0.2) is 16.0 Å². The highest BCUT2D eigenvalue weighted by molar-refractivity contribution is 6.31. The lowest BCUT2D eigenvalue weighted by atomic mass is 10.2. The van der Waals surface area contributed by atoms with Crippen LogP contribution < -0.4 is 10.6 Å². The molecule has 100 valence electrons. The molecule has 1 heterocycles. The van der Waals surface area contributed by atoms with Gasteiger partial charge in [0.25, 0.3) is 0 Å². The number of anilines is 3. The molecule has 0 saturated heterocycles. The van der Waals surface area contributed by atoms with Crippen LogP contribution in [0.3, 0.4) is 0 Å². The van der Waals surface area contributed by atoms with Crippen molar-refractivity contribution in [3.05, 3.63) is 41.2 Å². The van der Waals surface area contributed by atoms with E-state index in [-0.39, 0.29) is 0 Å². The number of hydrogen-bond donors (Lipinski definition) is 2. The maximum Gasteiger partial charge on any atom is 0.135 e. The fourth-order valence-electron chi connectivity index (χ4n) is 1.68. The maximum absolute atomic E-state index is 6.10. The fraction of sp³-hybridized carbons (Fsp3) is 0.286. The van der Waals surface area contributed by atoms with Gasteiger partial charge in [0.1, 0.15) is 18.0 Å². The molecule has 1 aromatic heterocycles. The van der Waals surface area contributed by atoms with Crippen LogP contribution in [0.2, 0.25) is 5.02 Å². The second-order valence-corrected chi connectivity index (χ2v) is 5.03. The van der Waals surface area contributed by atoms with Gasteiger partial charge in [-0.25, -0.2) is 9.97 Å². The molecule has 0 spiro atoms. The van der Waals surface area contributed by atoms with Crippen LogP contribution in [0.15, 0.2) is 30.6 Å². The van der Waals surface area contributed by atoms with Gasteiger partial charge in [0, 0.05) is 22.8 Å². The van der Waals surface area contributed by atoms with Crippen molar-refractivity contribution in [3.63, 3.8) is 0 Å². The predicted octanol–water partition coefficient (Wildman–Crippen LogP) is 4.00. The summed E-state index contributed by atoms with van der Waals surface area (Å²) in [6.07, 6.45) is 1.53. The molecule has 0 atom stereocenters. The quantitative estimate of drug-likeness (QED) is 0.886. The van der Waals surface area contributed by atoms with Crippen LogP contribution in [0.4, 0.5) is 17.3 Å². The number of benzene rings is 1. The van der Waals surface area contributed by atoms with Gasteiger partial charge in [-0.2, -0.15) is 0 Å². The molecule has 4 nitrogen and oxygen atoms in total. The molecule has 0 saturated carbocycles. The molecule has 0 bridgehead atoms. The zero-order valence-electron chi connectivity index (χ0n) is 11.2. The first-order valence-electron chi connectivity index (χ1n) is 6.17. The lowest BCUT2D eigenvalue weighted by molar-refractivity contribution is 0.886. The van der Waals surface area contributed by atoms with E-state index in [2.05, 4.69) is 34.4 Å². The first-order valence-corrected chi connectivity index (χ1v) is 6.55. The van der Waals surface area contributed by atoms with E-state index in [0.29, 0.717) is 6.04 Å². The molecule has 0 aliphatic heterocycles.